The van der Waals surface area contributed by atoms with Gasteiger partial charge in [-0.25, -0.2) is 9.97 Å². The second-order valence-electron chi connectivity index (χ2n) is 14.5. The summed E-state index contributed by atoms with van der Waals surface area (Å²) in [6, 6.07) is 56.4. The molecule has 0 radical (unpaired) electrons. The Labute approximate surface area is 314 Å². The van der Waals surface area contributed by atoms with Crippen LogP contribution in [0.3, 0.4) is 0 Å². The monoisotopic (exact) mass is 694 g/mol. The van der Waals surface area contributed by atoms with Crippen LogP contribution in [0.1, 0.15) is 22.3 Å². The van der Waals surface area contributed by atoms with E-state index in [1.807, 2.05) is 0 Å². The van der Waals surface area contributed by atoms with Gasteiger partial charge < -0.3 is 9.13 Å². The lowest BCUT2D eigenvalue weighted by atomic mass is 9.99. The van der Waals surface area contributed by atoms with Gasteiger partial charge in [0.15, 0.2) is 0 Å². The summed E-state index contributed by atoms with van der Waals surface area (Å²) in [5.74, 6) is 0. The zero-order chi connectivity index (χ0) is 36.5. The number of hydrogen-bond acceptors (Lipinski definition) is 2. The average Bonchev–Trinajstić information content (AvgIpc) is 3.72. The van der Waals surface area contributed by atoms with Crippen LogP contribution in [0.2, 0.25) is 0 Å². The first kappa shape index (κ1) is 31.9. The molecule has 0 amide bonds. The Morgan fingerprint density at radius 1 is 0.315 bits per heavy atom. The van der Waals surface area contributed by atoms with E-state index in [0.717, 1.165) is 33.9 Å². The maximum Gasteiger partial charge on any atom is 0.0893 e. The fourth-order valence-corrected chi connectivity index (χ4v) is 8.45. The molecule has 0 aliphatic heterocycles. The Morgan fingerprint density at radius 3 is 0.981 bits per heavy atom. The first-order chi connectivity index (χ1) is 26.4. The highest BCUT2D eigenvalue weighted by molar-refractivity contribution is 6.10. The zero-order valence-electron chi connectivity index (χ0n) is 30.8. The Morgan fingerprint density at radius 2 is 0.630 bits per heavy atom. The summed E-state index contributed by atoms with van der Waals surface area (Å²) in [6.07, 6.45) is 0. The lowest BCUT2D eigenvalue weighted by molar-refractivity contribution is 1.14. The molecule has 0 unspecified atom stereocenters. The van der Waals surface area contributed by atoms with Crippen LogP contribution < -0.4 is 0 Å². The molecule has 0 bridgehead atoms. The minimum Gasteiger partial charge on any atom is -0.309 e. The van der Waals surface area contributed by atoms with Gasteiger partial charge in [-0.2, -0.15) is 0 Å². The Balaban J connectivity index is 1.02. The molecule has 0 saturated heterocycles. The van der Waals surface area contributed by atoms with Crippen LogP contribution in [0.15, 0.2) is 158 Å². The minimum absolute atomic E-state index is 0.856. The third kappa shape index (κ3) is 4.98. The van der Waals surface area contributed by atoms with E-state index in [4.69, 9.17) is 9.97 Å². The topological polar surface area (TPSA) is 35.6 Å². The van der Waals surface area contributed by atoms with Gasteiger partial charge in [0.05, 0.1) is 44.8 Å². The lowest BCUT2D eigenvalue weighted by Crippen LogP contribution is -2.00. The summed E-state index contributed by atoms with van der Waals surface area (Å²) < 4.78 is 4.80. The van der Waals surface area contributed by atoms with E-state index in [1.54, 1.807) is 0 Å². The summed E-state index contributed by atoms with van der Waals surface area (Å²) in [4.78, 5) is 10.4. The van der Waals surface area contributed by atoms with E-state index in [1.165, 1.54) is 77.2 Å². The molecule has 4 heterocycles. The van der Waals surface area contributed by atoms with Crippen molar-refractivity contribution in [1.82, 2.24) is 19.1 Å². The largest absolute Gasteiger partial charge is 0.309 e. The molecule has 0 fully saturated rings. The maximum atomic E-state index is 5.22. The minimum atomic E-state index is 0.856. The number of aromatic nitrogens is 4. The predicted molar refractivity (Wildman–Crippen MR) is 226 cm³/mol. The molecule has 4 aromatic heterocycles. The van der Waals surface area contributed by atoms with E-state index in [0.29, 0.717) is 0 Å². The Bertz CT molecular complexity index is 2790. The van der Waals surface area contributed by atoms with Crippen LogP contribution in [-0.2, 0) is 0 Å². The maximum absolute atomic E-state index is 5.22. The SMILES string of the molecule is Cc1cc(-n2c3ccccc3c3ccccc32)c(C)cc1-c1cccc(-c2cccc(-c3cc(C)c(-n4c5ccccc5c5ccccc54)cc3C)n2)n1. The molecule has 258 valence electrons. The van der Waals surface area contributed by atoms with Gasteiger partial charge in [-0.1, -0.05) is 84.9 Å². The van der Waals surface area contributed by atoms with Gasteiger partial charge in [-0.3, -0.25) is 0 Å². The highest BCUT2D eigenvalue weighted by Gasteiger charge is 2.18. The van der Waals surface area contributed by atoms with Crippen LogP contribution in [0.4, 0.5) is 0 Å². The first-order valence-corrected chi connectivity index (χ1v) is 18.6. The van der Waals surface area contributed by atoms with Crippen molar-refractivity contribution in [2.45, 2.75) is 27.7 Å². The van der Waals surface area contributed by atoms with Crippen molar-refractivity contribution < 1.29 is 0 Å². The van der Waals surface area contributed by atoms with E-state index in [9.17, 15) is 0 Å². The fourth-order valence-electron chi connectivity index (χ4n) is 8.45. The fraction of sp³-hybridized carbons (Fsp3) is 0.0800. The quantitative estimate of drug-likeness (QED) is 0.180. The van der Waals surface area contributed by atoms with E-state index in [2.05, 4.69) is 195 Å². The van der Waals surface area contributed by atoms with Gasteiger partial charge in [0.2, 0.25) is 0 Å². The lowest BCUT2D eigenvalue weighted by Gasteiger charge is -2.16. The average molecular weight is 695 g/mol. The molecule has 0 N–H and O–H groups in total. The van der Waals surface area contributed by atoms with Crippen molar-refractivity contribution in [3.05, 3.63) is 180 Å². The third-order valence-corrected chi connectivity index (χ3v) is 11.0. The predicted octanol–water partition coefficient (Wildman–Crippen LogP) is 12.9. The summed E-state index contributed by atoms with van der Waals surface area (Å²) in [6.45, 7) is 8.78. The van der Waals surface area contributed by atoms with Gasteiger partial charge in [0, 0.05) is 44.0 Å². The molecule has 0 saturated carbocycles. The van der Waals surface area contributed by atoms with Gasteiger partial charge in [-0.15, -0.1) is 0 Å². The first-order valence-electron chi connectivity index (χ1n) is 18.6. The Kier molecular flexibility index (Phi) is 7.34. The molecule has 10 aromatic rings. The van der Waals surface area contributed by atoms with Gasteiger partial charge in [0.1, 0.15) is 0 Å². The number of nitrogens with zero attached hydrogens (tertiary/aromatic N) is 4. The highest BCUT2D eigenvalue weighted by Crippen LogP contribution is 2.38. The van der Waals surface area contributed by atoms with Crippen LogP contribution in [-0.4, -0.2) is 19.1 Å². The molecular formula is C50H38N4. The smallest absolute Gasteiger partial charge is 0.0893 e. The zero-order valence-corrected chi connectivity index (χ0v) is 30.8. The number of benzene rings is 6. The Hall–Kier alpha value is -6.78. The summed E-state index contributed by atoms with van der Waals surface area (Å²) >= 11 is 0. The molecule has 0 aliphatic rings. The highest BCUT2D eigenvalue weighted by atomic mass is 15.0. The van der Waals surface area contributed by atoms with Crippen LogP contribution in [0.25, 0.3) is 88.9 Å². The van der Waals surface area contributed by atoms with Gasteiger partial charge in [-0.05, 0) is 123 Å². The summed E-state index contributed by atoms with van der Waals surface area (Å²) in [7, 11) is 0. The van der Waals surface area contributed by atoms with E-state index >= 15 is 0 Å². The van der Waals surface area contributed by atoms with Crippen molar-refractivity contribution in [2.75, 3.05) is 0 Å². The van der Waals surface area contributed by atoms with Crippen LogP contribution in [0, 0.1) is 27.7 Å². The molecule has 54 heavy (non-hydrogen) atoms. The molecule has 0 spiro atoms. The molecule has 10 rings (SSSR count). The number of hydrogen-bond donors (Lipinski definition) is 0. The molecule has 0 aliphatic carbocycles. The summed E-state index contributed by atoms with van der Waals surface area (Å²) in [5, 5.41) is 5.07. The molecule has 6 aromatic carbocycles. The van der Waals surface area contributed by atoms with Crippen LogP contribution >= 0.6 is 0 Å². The molecule has 4 heteroatoms. The second kappa shape index (κ2) is 12.4. The number of fused-ring (bicyclic) bond motifs is 6. The number of para-hydroxylation sites is 4. The van der Waals surface area contributed by atoms with Crippen molar-refractivity contribution in [2.24, 2.45) is 0 Å². The van der Waals surface area contributed by atoms with Crippen molar-refractivity contribution in [3.8, 4) is 45.3 Å². The second-order valence-corrected chi connectivity index (χ2v) is 14.5. The number of aryl methyl sites for hydroxylation is 4. The molecule has 0 atom stereocenters. The third-order valence-electron chi connectivity index (χ3n) is 11.0. The van der Waals surface area contributed by atoms with Crippen molar-refractivity contribution in [3.63, 3.8) is 0 Å². The number of pyridine rings is 2. The van der Waals surface area contributed by atoms with E-state index < -0.39 is 0 Å². The van der Waals surface area contributed by atoms with E-state index in [-0.39, 0.29) is 0 Å². The van der Waals surface area contributed by atoms with Crippen molar-refractivity contribution >= 4 is 43.6 Å². The standard InChI is InChI=1S/C50H38N4/c1-31-29-49(53-45-23-9-5-15-35(45)36-16-6-10-24-46(36)53)33(3)27-39(31)41-19-13-21-43(51-41)44-22-14-20-42(52-44)40-28-34(4)50(30-32(40)2)54-47-25-11-7-17-37(47)38-18-8-12-26-48(38)54/h5-30H,1-4H3. The normalized spacial score (nSPS) is 11.7. The number of rotatable bonds is 5. The van der Waals surface area contributed by atoms with Crippen molar-refractivity contribution in [1.29, 1.82) is 0 Å². The van der Waals surface area contributed by atoms with Gasteiger partial charge >= 0.3 is 0 Å². The van der Waals surface area contributed by atoms with Crippen LogP contribution in [0.5, 0.6) is 0 Å². The van der Waals surface area contributed by atoms with Gasteiger partial charge in [0.25, 0.3) is 0 Å². The summed E-state index contributed by atoms with van der Waals surface area (Å²) in [5.41, 5.74) is 17.8. The molecule has 4 nitrogen and oxygen atoms in total. The molecular weight excluding hydrogens is 657 g/mol.